The molecule has 0 aromatic heterocycles. The summed E-state index contributed by atoms with van der Waals surface area (Å²) >= 11 is 0. The van der Waals surface area contributed by atoms with E-state index in [9.17, 15) is 4.79 Å². The normalized spacial score (nSPS) is 20.5. The number of ether oxygens (including phenoxy) is 1. The number of alkyl carbamates (subject to hydrolysis) is 1. The van der Waals surface area contributed by atoms with E-state index in [0.29, 0.717) is 6.04 Å². The van der Waals surface area contributed by atoms with Crippen molar-refractivity contribution in [1.82, 2.24) is 10.6 Å². The van der Waals surface area contributed by atoms with Gasteiger partial charge >= 0.3 is 6.09 Å². The third-order valence-corrected chi connectivity index (χ3v) is 4.58. The molecule has 1 aliphatic carbocycles. The SMILES string of the molecule is CC(CNC1CCCCCCCCCCC1)NC(=O)OC(C)(C)C. The molecular formula is C20H40N2O2. The molecule has 1 amide bonds. The van der Waals surface area contributed by atoms with E-state index in [-0.39, 0.29) is 12.1 Å². The second-order valence-corrected chi connectivity index (χ2v) is 8.41. The molecule has 142 valence electrons. The fraction of sp³-hybridized carbons (Fsp3) is 0.950. The lowest BCUT2D eigenvalue weighted by molar-refractivity contribution is 0.0507. The molecule has 0 saturated heterocycles. The molecule has 1 atom stereocenters. The number of rotatable bonds is 4. The number of carbonyl (C=O) groups is 1. The van der Waals surface area contributed by atoms with Crippen molar-refractivity contribution >= 4 is 6.09 Å². The molecule has 1 fully saturated rings. The lowest BCUT2D eigenvalue weighted by atomic mass is 9.98. The third kappa shape index (κ3) is 11.7. The zero-order valence-electron chi connectivity index (χ0n) is 16.5. The second kappa shape index (κ2) is 11.7. The van der Waals surface area contributed by atoms with Gasteiger partial charge < -0.3 is 15.4 Å². The maximum Gasteiger partial charge on any atom is 0.407 e. The van der Waals surface area contributed by atoms with Crippen LogP contribution >= 0.6 is 0 Å². The van der Waals surface area contributed by atoms with Gasteiger partial charge in [0.2, 0.25) is 0 Å². The van der Waals surface area contributed by atoms with E-state index < -0.39 is 5.60 Å². The molecule has 2 N–H and O–H groups in total. The van der Waals surface area contributed by atoms with Gasteiger partial charge in [0.15, 0.2) is 0 Å². The van der Waals surface area contributed by atoms with Crippen molar-refractivity contribution in [3.63, 3.8) is 0 Å². The Balaban J connectivity index is 2.28. The van der Waals surface area contributed by atoms with E-state index in [4.69, 9.17) is 4.74 Å². The number of hydrogen-bond acceptors (Lipinski definition) is 3. The van der Waals surface area contributed by atoms with Gasteiger partial charge in [-0.25, -0.2) is 4.79 Å². The molecule has 0 heterocycles. The van der Waals surface area contributed by atoms with Crippen molar-refractivity contribution in [2.45, 2.75) is 116 Å². The summed E-state index contributed by atoms with van der Waals surface area (Å²) in [7, 11) is 0. The predicted molar refractivity (Wildman–Crippen MR) is 101 cm³/mol. The van der Waals surface area contributed by atoms with Crippen molar-refractivity contribution in [2.75, 3.05) is 6.54 Å². The highest BCUT2D eigenvalue weighted by Crippen LogP contribution is 2.17. The molecule has 0 aliphatic heterocycles. The molecule has 0 bridgehead atoms. The Morgan fingerprint density at radius 3 is 1.88 bits per heavy atom. The first-order valence-electron chi connectivity index (χ1n) is 10.1. The molecule has 1 rings (SSSR count). The van der Waals surface area contributed by atoms with Crippen molar-refractivity contribution in [3.8, 4) is 0 Å². The molecule has 0 aromatic rings. The van der Waals surface area contributed by atoms with E-state index in [1.165, 1.54) is 70.6 Å². The van der Waals surface area contributed by atoms with Gasteiger partial charge in [0.1, 0.15) is 5.60 Å². The van der Waals surface area contributed by atoms with Gasteiger partial charge in [-0.15, -0.1) is 0 Å². The summed E-state index contributed by atoms with van der Waals surface area (Å²) in [4.78, 5) is 11.8. The van der Waals surface area contributed by atoms with Crippen LogP contribution in [0.25, 0.3) is 0 Å². The van der Waals surface area contributed by atoms with Crippen molar-refractivity contribution in [1.29, 1.82) is 0 Å². The first-order valence-corrected chi connectivity index (χ1v) is 10.1. The molecule has 4 nitrogen and oxygen atoms in total. The van der Waals surface area contributed by atoms with Gasteiger partial charge in [-0.2, -0.15) is 0 Å². The average molecular weight is 341 g/mol. The number of carbonyl (C=O) groups excluding carboxylic acids is 1. The van der Waals surface area contributed by atoms with Crippen LogP contribution < -0.4 is 10.6 Å². The molecule has 0 aromatic carbocycles. The monoisotopic (exact) mass is 340 g/mol. The maximum atomic E-state index is 11.8. The van der Waals surface area contributed by atoms with Crippen molar-refractivity contribution in [2.24, 2.45) is 0 Å². The van der Waals surface area contributed by atoms with Gasteiger partial charge in [-0.1, -0.05) is 57.8 Å². The van der Waals surface area contributed by atoms with E-state index >= 15 is 0 Å². The topological polar surface area (TPSA) is 50.4 Å². The lowest BCUT2D eigenvalue weighted by Gasteiger charge is -2.24. The molecular weight excluding hydrogens is 300 g/mol. The number of nitrogens with one attached hydrogen (secondary N) is 2. The predicted octanol–water partition coefficient (Wildman–Crippen LogP) is 5.16. The quantitative estimate of drug-likeness (QED) is 0.743. The molecule has 1 saturated carbocycles. The van der Waals surface area contributed by atoms with Gasteiger partial charge in [0.05, 0.1) is 0 Å². The summed E-state index contributed by atoms with van der Waals surface area (Å²) in [6.45, 7) is 8.51. The molecule has 1 unspecified atom stereocenters. The van der Waals surface area contributed by atoms with Crippen LogP contribution in [0.2, 0.25) is 0 Å². The molecule has 0 spiro atoms. The van der Waals surface area contributed by atoms with Crippen LogP contribution in [0, 0.1) is 0 Å². The van der Waals surface area contributed by atoms with Crippen LogP contribution in [0.1, 0.15) is 98.3 Å². The summed E-state index contributed by atoms with van der Waals surface area (Å²) < 4.78 is 5.32. The highest BCUT2D eigenvalue weighted by Gasteiger charge is 2.18. The smallest absolute Gasteiger partial charge is 0.407 e. The van der Waals surface area contributed by atoms with E-state index in [1.54, 1.807) is 0 Å². The molecule has 24 heavy (non-hydrogen) atoms. The highest BCUT2D eigenvalue weighted by atomic mass is 16.6. The minimum atomic E-state index is -0.440. The molecule has 0 radical (unpaired) electrons. The highest BCUT2D eigenvalue weighted by molar-refractivity contribution is 5.68. The zero-order valence-corrected chi connectivity index (χ0v) is 16.5. The van der Waals surface area contributed by atoms with Gasteiger partial charge in [-0.05, 0) is 40.5 Å². The van der Waals surface area contributed by atoms with Crippen LogP contribution in [-0.4, -0.2) is 30.3 Å². The van der Waals surface area contributed by atoms with Crippen LogP contribution in [0.3, 0.4) is 0 Å². The summed E-state index contributed by atoms with van der Waals surface area (Å²) in [6, 6.07) is 0.675. The summed E-state index contributed by atoms with van der Waals surface area (Å²) in [5.41, 5.74) is -0.440. The van der Waals surface area contributed by atoms with Crippen LogP contribution in [0.4, 0.5) is 4.79 Å². The fourth-order valence-electron chi connectivity index (χ4n) is 3.27. The van der Waals surface area contributed by atoms with Gasteiger partial charge in [0, 0.05) is 18.6 Å². The fourth-order valence-corrected chi connectivity index (χ4v) is 3.27. The second-order valence-electron chi connectivity index (χ2n) is 8.41. The zero-order chi connectivity index (χ0) is 17.8. The standard InChI is InChI=1S/C20H40N2O2/c1-17(22-19(23)24-20(2,3)4)16-21-18-14-12-10-8-6-5-7-9-11-13-15-18/h17-18,21H,5-16H2,1-4H3,(H,22,23). The Kier molecular flexibility index (Phi) is 10.4. The Hall–Kier alpha value is -0.770. The van der Waals surface area contributed by atoms with Crippen LogP contribution in [-0.2, 0) is 4.74 Å². The average Bonchev–Trinajstić information content (AvgIpc) is 2.44. The summed E-state index contributed by atoms with van der Waals surface area (Å²) in [5, 5.41) is 6.59. The van der Waals surface area contributed by atoms with Gasteiger partial charge in [-0.3, -0.25) is 0 Å². The summed E-state index contributed by atoms with van der Waals surface area (Å²) in [6.07, 6.45) is 14.6. The molecule has 1 aliphatic rings. The Morgan fingerprint density at radius 1 is 0.958 bits per heavy atom. The minimum Gasteiger partial charge on any atom is -0.444 e. The Bertz CT molecular complexity index is 327. The Labute approximate surface area is 149 Å². The first kappa shape index (κ1) is 21.3. The van der Waals surface area contributed by atoms with E-state index in [2.05, 4.69) is 10.6 Å². The van der Waals surface area contributed by atoms with Crippen molar-refractivity contribution in [3.05, 3.63) is 0 Å². The minimum absolute atomic E-state index is 0.0845. The third-order valence-electron chi connectivity index (χ3n) is 4.58. The molecule has 4 heteroatoms. The van der Waals surface area contributed by atoms with E-state index in [0.717, 1.165) is 6.54 Å². The van der Waals surface area contributed by atoms with Crippen LogP contribution in [0.5, 0.6) is 0 Å². The maximum absolute atomic E-state index is 11.8. The number of hydrogen-bond donors (Lipinski definition) is 2. The summed E-state index contributed by atoms with van der Waals surface area (Å²) in [5.74, 6) is 0. The first-order chi connectivity index (χ1) is 11.4. The van der Waals surface area contributed by atoms with Gasteiger partial charge in [0.25, 0.3) is 0 Å². The largest absolute Gasteiger partial charge is 0.444 e. The lowest BCUT2D eigenvalue weighted by Crippen LogP contribution is -2.45. The van der Waals surface area contributed by atoms with Crippen molar-refractivity contribution < 1.29 is 9.53 Å². The Morgan fingerprint density at radius 2 is 1.42 bits per heavy atom. The number of amides is 1. The van der Waals surface area contributed by atoms with Crippen LogP contribution in [0.15, 0.2) is 0 Å². The van der Waals surface area contributed by atoms with E-state index in [1.807, 2.05) is 27.7 Å².